The van der Waals surface area contributed by atoms with E-state index in [1.165, 1.54) is 36.8 Å². The van der Waals surface area contributed by atoms with Crippen LogP contribution in [0.2, 0.25) is 0 Å². The summed E-state index contributed by atoms with van der Waals surface area (Å²) in [6.45, 7) is 3.52. The molecular weight excluding hydrogens is 336 g/mol. The SMILES string of the molecule is CC1(C(=O)O)C=CC=C(C(=O)O)C1.Cc1ccc(C2=CC(=O)N=N2)cc1. The zero-order chi connectivity index (χ0) is 19.3. The van der Waals surface area contributed by atoms with Gasteiger partial charge in [-0.3, -0.25) is 9.59 Å². The third-order valence-corrected chi connectivity index (χ3v) is 3.95. The quantitative estimate of drug-likeness (QED) is 0.863. The van der Waals surface area contributed by atoms with Crippen LogP contribution in [0, 0.1) is 12.3 Å². The normalized spacial score (nSPS) is 20.8. The zero-order valence-electron chi connectivity index (χ0n) is 14.3. The third kappa shape index (κ3) is 4.60. The molecule has 26 heavy (non-hydrogen) atoms. The van der Waals surface area contributed by atoms with E-state index in [2.05, 4.69) is 10.2 Å². The minimum absolute atomic E-state index is 0.0359. The summed E-state index contributed by atoms with van der Waals surface area (Å²) in [6, 6.07) is 7.82. The molecule has 134 valence electrons. The molecule has 2 N–H and O–H groups in total. The monoisotopic (exact) mass is 354 g/mol. The zero-order valence-corrected chi connectivity index (χ0v) is 14.3. The van der Waals surface area contributed by atoms with Crippen molar-refractivity contribution in [3.05, 3.63) is 65.3 Å². The van der Waals surface area contributed by atoms with Crippen LogP contribution in [0.1, 0.15) is 24.5 Å². The molecule has 1 aromatic rings. The first-order chi connectivity index (χ1) is 12.2. The van der Waals surface area contributed by atoms with Gasteiger partial charge in [-0.1, -0.05) is 48.1 Å². The first-order valence-electron chi connectivity index (χ1n) is 7.81. The van der Waals surface area contributed by atoms with Crippen molar-refractivity contribution in [3.8, 4) is 0 Å². The van der Waals surface area contributed by atoms with Gasteiger partial charge in [0.2, 0.25) is 0 Å². The molecule has 2 aliphatic rings. The van der Waals surface area contributed by atoms with E-state index in [1.807, 2.05) is 31.2 Å². The first kappa shape index (κ1) is 19.0. The summed E-state index contributed by atoms with van der Waals surface area (Å²) >= 11 is 0. The van der Waals surface area contributed by atoms with Gasteiger partial charge in [0.15, 0.2) is 0 Å². The maximum absolute atomic E-state index is 10.8. The second-order valence-electron chi connectivity index (χ2n) is 6.19. The van der Waals surface area contributed by atoms with E-state index in [0.29, 0.717) is 5.70 Å². The molecule has 0 bridgehead atoms. The van der Waals surface area contributed by atoms with Crippen molar-refractivity contribution in [1.82, 2.24) is 0 Å². The molecule has 1 amide bonds. The lowest BCUT2D eigenvalue weighted by Gasteiger charge is -2.23. The smallest absolute Gasteiger partial charge is 0.331 e. The molecule has 7 nitrogen and oxygen atoms in total. The van der Waals surface area contributed by atoms with Crippen LogP contribution >= 0.6 is 0 Å². The van der Waals surface area contributed by atoms with Crippen LogP contribution in [0.25, 0.3) is 5.70 Å². The van der Waals surface area contributed by atoms with Crippen LogP contribution < -0.4 is 0 Å². The highest BCUT2D eigenvalue weighted by atomic mass is 16.4. The average Bonchev–Trinajstić information content (AvgIpc) is 3.02. The summed E-state index contributed by atoms with van der Waals surface area (Å²) in [7, 11) is 0. The summed E-state index contributed by atoms with van der Waals surface area (Å²) in [5.41, 5.74) is 1.81. The molecule has 7 heteroatoms. The van der Waals surface area contributed by atoms with Crippen LogP contribution in [0.3, 0.4) is 0 Å². The Bertz CT molecular complexity index is 862. The van der Waals surface area contributed by atoms with E-state index in [0.717, 1.165) is 5.56 Å². The lowest BCUT2D eigenvalue weighted by atomic mass is 9.80. The van der Waals surface area contributed by atoms with Crippen molar-refractivity contribution in [2.75, 3.05) is 0 Å². The van der Waals surface area contributed by atoms with Crippen molar-refractivity contribution in [2.45, 2.75) is 20.3 Å². The van der Waals surface area contributed by atoms with Gasteiger partial charge in [-0.25, -0.2) is 4.79 Å². The topological polar surface area (TPSA) is 116 Å². The molecule has 0 aromatic heterocycles. The summed E-state index contributed by atoms with van der Waals surface area (Å²) in [4.78, 5) is 32.1. The Morgan fingerprint density at radius 2 is 1.77 bits per heavy atom. The van der Waals surface area contributed by atoms with Crippen LogP contribution in [-0.4, -0.2) is 28.1 Å². The van der Waals surface area contributed by atoms with E-state index in [4.69, 9.17) is 10.2 Å². The fraction of sp³-hybridized carbons (Fsp3) is 0.211. The number of allylic oxidation sites excluding steroid dienone is 2. The van der Waals surface area contributed by atoms with Crippen LogP contribution in [0.5, 0.6) is 0 Å². The van der Waals surface area contributed by atoms with Crippen molar-refractivity contribution < 1.29 is 24.6 Å². The van der Waals surface area contributed by atoms with Gasteiger partial charge >= 0.3 is 11.9 Å². The van der Waals surface area contributed by atoms with Crippen molar-refractivity contribution in [1.29, 1.82) is 0 Å². The van der Waals surface area contributed by atoms with Gasteiger partial charge in [0.1, 0.15) is 0 Å². The Morgan fingerprint density at radius 3 is 2.27 bits per heavy atom. The second kappa shape index (κ2) is 7.69. The second-order valence-corrected chi connectivity index (χ2v) is 6.19. The number of carboxylic acid groups (broad SMARTS) is 2. The molecule has 1 aliphatic carbocycles. The van der Waals surface area contributed by atoms with Crippen LogP contribution in [0.4, 0.5) is 0 Å². The molecule has 0 spiro atoms. The Kier molecular flexibility index (Phi) is 5.61. The first-order valence-corrected chi connectivity index (χ1v) is 7.81. The number of carboxylic acids is 2. The van der Waals surface area contributed by atoms with Gasteiger partial charge in [0.05, 0.1) is 11.1 Å². The highest BCUT2D eigenvalue weighted by Crippen LogP contribution is 2.31. The number of aliphatic carboxylic acids is 2. The van der Waals surface area contributed by atoms with Crippen LogP contribution in [-0.2, 0) is 14.4 Å². The number of benzene rings is 1. The summed E-state index contributed by atoms with van der Waals surface area (Å²) in [5.74, 6) is -2.34. The van der Waals surface area contributed by atoms with Gasteiger partial charge < -0.3 is 10.2 Å². The molecular formula is C19H18N2O5. The third-order valence-electron chi connectivity index (χ3n) is 3.95. The summed E-state index contributed by atoms with van der Waals surface area (Å²) in [6.07, 6.45) is 5.87. The number of hydrogen-bond acceptors (Lipinski definition) is 4. The Hall–Kier alpha value is -3.35. The predicted octanol–water partition coefficient (Wildman–Crippen LogP) is 3.38. The van der Waals surface area contributed by atoms with Gasteiger partial charge in [0.25, 0.3) is 5.91 Å². The standard InChI is InChI=1S/C10H8N2O.C9H10O4/c1-7-2-4-8(5-3-7)9-6-10(13)12-11-9;1-9(8(12)13)4-2-3-6(5-9)7(10)11/h2-6H,1H3;2-4H,5H2,1H3,(H,10,11)(H,12,13). The number of carbonyl (C=O) groups is 3. The summed E-state index contributed by atoms with van der Waals surface area (Å²) < 4.78 is 0. The number of hydrogen-bond donors (Lipinski definition) is 2. The van der Waals surface area contributed by atoms with Gasteiger partial charge in [0, 0.05) is 17.2 Å². The molecule has 1 unspecified atom stereocenters. The van der Waals surface area contributed by atoms with Gasteiger partial charge in [-0.2, -0.15) is 0 Å². The van der Waals surface area contributed by atoms with Crippen molar-refractivity contribution in [2.24, 2.45) is 15.6 Å². The molecule has 0 fully saturated rings. The molecule has 1 aliphatic heterocycles. The number of carbonyl (C=O) groups excluding carboxylic acids is 1. The average molecular weight is 354 g/mol. The minimum atomic E-state index is -1.08. The van der Waals surface area contributed by atoms with E-state index in [9.17, 15) is 14.4 Å². The largest absolute Gasteiger partial charge is 0.481 e. The van der Waals surface area contributed by atoms with Crippen molar-refractivity contribution in [3.63, 3.8) is 0 Å². The Morgan fingerprint density at radius 1 is 1.12 bits per heavy atom. The number of amides is 1. The number of nitrogens with zero attached hydrogens (tertiary/aromatic N) is 2. The Labute approximate surface area is 150 Å². The fourth-order valence-electron chi connectivity index (χ4n) is 2.33. The van der Waals surface area contributed by atoms with E-state index >= 15 is 0 Å². The van der Waals surface area contributed by atoms with Gasteiger partial charge in [-0.05, 0) is 20.3 Å². The molecule has 1 aromatic carbocycles. The van der Waals surface area contributed by atoms with Crippen molar-refractivity contribution >= 4 is 23.5 Å². The fourth-order valence-corrected chi connectivity index (χ4v) is 2.33. The number of rotatable bonds is 3. The molecule has 1 heterocycles. The summed E-state index contributed by atoms with van der Waals surface area (Å²) in [5, 5.41) is 24.6. The molecule has 0 radical (unpaired) electrons. The molecule has 1 atom stereocenters. The van der Waals surface area contributed by atoms with Crippen LogP contribution in [0.15, 0.2) is 64.4 Å². The lowest BCUT2D eigenvalue weighted by Crippen LogP contribution is -2.28. The lowest BCUT2D eigenvalue weighted by molar-refractivity contribution is -0.145. The number of azo groups is 1. The molecule has 0 saturated carbocycles. The number of aryl methyl sites for hydroxylation is 1. The molecule has 3 rings (SSSR count). The highest BCUT2D eigenvalue weighted by Gasteiger charge is 2.34. The maximum atomic E-state index is 10.8. The predicted molar refractivity (Wildman–Crippen MR) is 94.2 cm³/mol. The Balaban J connectivity index is 0.000000187. The van der Waals surface area contributed by atoms with E-state index < -0.39 is 17.4 Å². The van der Waals surface area contributed by atoms with E-state index in [-0.39, 0.29) is 17.9 Å². The van der Waals surface area contributed by atoms with Gasteiger partial charge in [-0.15, -0.1) is 10.2 Å². The minimum Gasteiger partial charge on any atom is -0.481 e. The molecule has 0 saturated heterocycles. The van der Waals surface area contributed by atoms with E-state index in [1.54, 1.807) is 0 Å². The maximum Gasteiger partial charge on any atom is 0.331 e. The highest BCUT2D eigenvalue weighted by molar-refractivity contribution is 5.98.